The van der Waals surface area contributed by atoms with Crippen LogP contribution in [0.2, 0.25) is 0 Å². The molecule has 0 aromatic carbocycles. The van der Waals surface area contributed by atoms with E-state index in [1.54, 1.807) is 39.2 Å². The van der Waals surface area contributed by atoms with Gasteiger partial charge in [0.1, 0.15) is 22.5 Å². The maximum absolute atomic E-state index is 14.4. The van der Waals surface area contributed by atoms with Crippen LogP contribution in [0.15, 0.2) is 35.3 Å². The van der Waals surface area contributed by atoms with Crippen LogP contribution in [0.4, 0.5) is 10.1 Å². The molecule has 0 saturated heterocycles. The molecule has 0 fully saturated rings. The first-order valence-corrected chi connectivity index (χ1v) is 11.8. The van der Waals surface area contributed by atoms with Crippen molar-refractivity contribution >= 4 is 28.5 Å². The predicted molar refractivity (Wildman–Crippen MR) is 137 cm³/mol. The van der Waals surface area contributed by atoms with Crippen molar-refractivity contribution < 1.29 is 14.0 Å². The second kappa shape index (κ2) is 11.7. The second-order valence-electron chi connectivity index (χ2n) is 9.24. The molecular weight excluding hydrogens is 463 g/mol. The summed E-state index contributed by atoms with van der Waals surface area (Å²) in [4.78, 5) is 50.1. The van der Waals surface area contributed by atoms with E-state index in [0.29, 0.717) is 47.9 Å². The molecule has 36 heavy (non-hydrogen) atoms. The molecule has 2 N–H and O–H groups in total. The number of hydrogen-bond acceptors (Lipinski definition) is 5. The molecule has 3 heterocycles. The predicted octanol–water partition coefficient (Wildman–Crippen LogP) is 3.38. The minimum atomic E-state index is -0.502. The Balaban J connectivity index is 1.72. The summed E-state index contributed by atoms with van der Waals surface area (Å²) in [6.07, 6.45) is 7.35. The fourth-order valence-electron chi connectivity index (χ4n) is 3.61. The number of aryl methyl sites for hydroxylation is 1. The number of aromatic nitrogens is 4. The zero-order valence-electron chi connectivity index (χ0n) is 21.3. The Morgan fingerprint density at radius 1 is 1.25 bits per heavy atom. The maximum Gasteiger partial charge on any atom is 0.274 e. The number of unbranched alkanes of at least 4 members (excludes halogenated alkanes) is 1. The zero-order chi connectivity index (χ0) is 26.4. The van der Waals surface area contributed by atoms with Gasteiger partial charge in [0.25, 0.3) is 5.56 Å². The van der Waals surface area contributed by atoms with Gasteiger partial charge in [0.15, 0.2) is 5.82 Å². The Labute approximate surface area is 209 Å². The van der Waals surface area contributed by atoms with Gasteiger partial charge in [-0.2, -0.15) is 0 Å². The number of halogens is 1. The third-order valence-electron chi connectivity index (χ3n) is 5.52. The third-order valence-corrected chi connectivity index (χ3v) is 5.52. The number of nitrogens with zero attached hydrogens (tertiary/aromatic N) is 4. The van der Waals surface area contributed by atoms with Crippen molar-refractivity contribution in [2.45, 2.75) is 46.6 Å². The van der Waals surface area contributed by atoms with Crippen LogP contribution in [0.5, 0.6) is 0 Å². The molecule has 0 unspecified atom stereocenters. The van der Waals surface area contributed by atoms with Gasteiger partial charge in [0.05, 0.1) is 24.9 Å². The highest BCUT2D eigenvalue weighted by molar-refractivity contribution is 5.97. The molecule has 10 heteroatoms. The molecular formula is C26H32FN6O3. The lowest BCUT2D eigenvalue weighted by molar-refractivity contribution is -0.123. The minimum Gasteiger partial charge on any atom is -0.345 e. The van der Waals surface area contributed by atoms with Crippen molar-refractivity contribution in [3.05, 3.63) is 70.3 Å². The monoisotopic (exact) mass is 495 g/mol. The summed E-state index contributed by atoms with van der Waals surface area (Å²) in [6, 6.07) is 3.28. The van der Waals surface area contributed by atoms with Gasteiger partial charge in [-0.15, -0.1) is 0 Å². The first-order valence-electron chi connectivity index (χ1n) is 11.8. The van der Waals surface area contributed by atoms with E-state index in [2.05, 4.69) is 20.3 Å². The maximum atomic E-state index is 14.4. The van der Waals surface area contributed by atoms with E-state index in [1.165, 1.54) is 28.2 Å². The Morgan fingerprint density at radius 2 is 2.00 bits per heavy atom. The van der Waals surface area contributed by atoms with E-state index in [1.807, 2.05) is 13.8 Å². The highest BCUT2D eigenvalue weighted by atomic mass is 19.1. The molecule has 0 spiro atoms. The van der Waals surface area contributed by atoms with Gasteiger partial charge in [0, 0.05) is 19.8 Å². The summed E-state index contributed by atoms with van der Waals surface area (Å²) in [5.74, 6) is -0.298. The summed E-state index contributed by atoms with van der Waals surface area (Å²) >= 11 is 0. The second-order valence-corrected chi connectivity index (χ2v) is 9.24. The number of nitrogens with one attached hydrogen (secondary N) is 2. The van der Waals surface area contributed by atoms with Crippen molar-refractivity contribution in [3.8, 4) is 0 Å². The number of carbonyl (C=O) groups excluding carboxylic acids is 2. The average molecular weight is 496 g/mol. The number of rotatable bonds is 10. The van der Waals surface area contributed by atoms with Crippen LogP contribution in [0.25, 0.3) is 11.0 Å². The fraction of sp³-hybridized carbons (Fsp3) is 0.385. The highest BCUT2D eigenvalue weighted by Gasteiger charge is 2.16. The van der Waals surface area contributed by atoms with E-state index < -0.39 is 17.3 Å². The van der Waals surface area contributed by atoms with Gasteiger partial charge in [-0.1, -0.05) is 19.9 Å². The molecule has 9 nitrogen and oxygen atoms in total. The number of hydrogen-bond donors (Lipinski definition) is 2. The van der Waals surface area contributed by atoms with Gasteiger partial charge in [-0.05, 0) is 50.3 Å². The zero-order valence-corrected chi connectivity index (χ0v) is 21.3. The summed E-state index contributed by atoms with van der Waals surface area (Å²) in [5.41, 5.74) is 1.83. The number of amides is 2. The molecule has 0 aliphatic rings. The molecule has 191 valence electrons. The number of fused-ring (bicyclic) bond motifs is 1. The van der Waals surface area contributed by atoms with E-state index in [-0.39, 0.29) is 23.7 Å². The first-order chi connectivity index (χ1) is 17.1. The smallest absolute Gasteiger partial charge is 0.274 e. The van der Waals surface area contributed by atoms with Crippen LogP contribution in [-0.4, -0.2) is 50.3 Å². The standard InChI is InChI=1S/C26H32FN6O3/c1-16(2)13-20-25-24(18(27)14-28-20)30-21(31-25)15-33-17(3)11-12-19(26(33)36)29-22(34)9-7-6-8-10-23(35)32(4)5/h8-12,14,16H,6-7,13,15H2,1-5H3,(H,29,34)(H,30,31)/b10-8+. The number of carbonyl (C=O) groups is 2. The fourth-order valence-corrected chi connectivity index (χ4v) is 3.61. The van der Waals surface area contributed by atoms with Crippen molar-refractivity contribution in [2.24, 2.45) is 5.92 Å². The Kier molecular flexibility index (Phi) is 8.73. The number of aromatic amines is 1. The van der Waals surface area contributed by atoms with Gasteiger partial charge in [0.2, 0.25) is 11.8 Å². The van der Waals surface area contributed by atoms with Crippen LogP contribution >= 0.6 is 0 Å². The topological polar surface area (TPSA) is 113 Å². The van der Waals surface area contributed by atoms with Crippen molar-refractivity contribution in [1.82, 2.24) is 24.4 Å². The first kappa shape index (κ1) is 26.8. The molecule has 0 saturated carbocycles. The Hall–Kier alpha value is -3.82. The van der Waals surface area contributed by atoms with E-state index in [9.17, 15) is 18.8 Å². The minimum absolute atomic E-state index is 0.0814. The van der Waals surface area contributed by atoms with E-state index in [4.69, 9.17) is 0 Å². The lowest BCUT2D eigenvalue weighted by atomic mass is 10.1. The molecule has 1 radical (unpaired) electrons. The van der Waals surface area contributed by atoms with Gasteiger partial charge in [-0.25, -0.2) is 9.37 Å². The molecule has 3 aromatic rings. The summed E-state index contributed by atoms with van der Waals surface area (Å²) in [5, 5.41) is 2.62. The molecule has 3 aromatic heterocycles. The summed E-state index contributed by atoms with van der Waals surface area (Å²) < 4.78 is 15.8. The quantitative estimate of drug-likeness (QED) is 0.331. The molecule has 0 atom stereocenters. The third kappa shape index (κ3) is 6.65. The van der Waals surface area contributed by atoms with Crippen LogP contribution in [0.1, 0.15) is 43.9 Å². The largest absolute Gasteiger partial charge is 0.345 e. The van der Waals surface area contributed by atoms with E-state index in [0.717, 1.165) is 0 Å². The normalized spacial score (nSPS) is 11.5. The van der Waals surface area contributed by atoms with Crippen molar-refractivity contribution in [1.29, 1.82) is 0 Å². The lowest BCUT2D eigenvalue weighted by Gasteiger charge is -2.11. The molecule has 0 aliphatic carbocycles. The van der Waals surface area contributed by atoms with Gasteiger partial charge < -0.3 is 19.8 Å². The highest BCUT2D eigenvalue weighted by Crippen LogP contribution is 2.21. The number of likely N-dealkylation sites (N-methyl/N-ethyl adjacent to an activating group) is 1. The average Bonchev–Trinajstić information content (AvgIpc) is 3.25. The van der Waals surface area contributed by atoms with E-state index >= 15 is 0 Å². The molecule has 2 amide bonds. The van der Waals surface area contributed by atoms with Gasteiger partial charge in [-0.3, -0.25) is 19.4 Å². The number of imidazole rings is 1. The van der Waals surface area contributed by atoms with Crippen LogP contribution < -0.4 is 10.9 Å². The van der Waals surface area contributed by atoms with Crippen LogP contribution in [0, 0.1) is 25.1 Å². The molecule has 3 rings (SSSR count). The number of anilines is 1. The van der Waals surface area contributed by atoms with Crippen molar-refractivity contribution in [3.63, 3.8) is 0 Å². The summed E-state index contributed by atoms with van der Waals surface area (Å²) in [6.45, 7) is 5.95. The lowest BCUT2D eigenvalue weighted by Crippen LogP contribution is -2.28. The molecule has 0 bridgehead atoms. The number of H-pyrrole nitrogens is 1. The van der Waals surface area contributed by atoms with Crippen LogP contribution in [0.3, 0.4) is 0 Å². The van der Waals surface area contributed by atoms with Crippen LogP contribution in [-0.2, 0) is 22.6 Å². The number of allylic oxidation sites excluding steroid dienone is 1. The molecule has 0 aliphatic heterocycles. The summed E-state index contributed by atoms with van der Waals surface area (Å²) in [7, 11) is 3.32. The van der Waals surface area contributed by atoms with Gasteiger partial charge >= 0.3 is 0 Å². The Bertz CT molecular complexity index is 1340. The number of pyridine rings is 2. The SMILES string of the molecule is Cc1ccc(NC(=O)[CH]CC/C=C/C(=O)N(C)C)c(=O)n1Cc1nc2c(CC(C)C)ncc(F)c2[nH]1. The Morgan fingerprint density at radius 3 is 2.69 bits per heavy atom. The van der Waals surface area contributed by atoms with Crippen molar-refractivity contribution in [2.75, 3.05) is 19.4 Å².